The molecule has 0 amide bonds. The van der Waals surface area contributed by atoms with Gasteiger partial charge in [0.05, 0.1) is 5.41 Å². The van der Waals surface area contributed by atoms with E-state index in [2.05, 4.69) is 194 Å². The molecule has 10 aromatic rings. The Hall–Kier alpha value is -7.02. The molecule has 0 N–H and O–H groups in total. The van der Waals surface area contributed by atoms with Crippen molar-refractivity contribution in [2.75, 3.05) is 0 Å². The van der Waals surface area contributed by atoms with Crippen LogP contribution in [0.25, 0.3) is 99.1 Å². The molecule has 0 aliphatic heterocycles. The van der Waals surface area contributed by atoms with Gasteiger partial charge in [0.15, 0.2) is 0 Å². The summed E-state index contributed by atoms with van der Waals surface area (Å²) in [7, 11) is 0. The minimum atomic E-state index is -0.397. The Morgan fingerprint density at radius 2 is 0.818 bits per heavy atom. The predicted octanol–water partition coefficient (Wildman–Crippen LogP) is 14.5. The van der Waals surface area contributed by atoms with Crippen LogP contribution in [0.2, 0.25) is 0 Å². The van der Waals surface area contributed by atoms with Crippen LogP contribution in [-0.2, 0) is 5.41 Å². The Bertz CT molecular complexity index is 3230. The molecule has 252 valence electrons. The third-order valence-corrected chi connectivity index (χ3v) is 13.0. The summed E-state index contributed by atoms with van der Waals surface area (Å²) >= 11 is 0. The highest BCUT2D eigenvalue weighted by atomic mass is 14.5. The highest BCUT2D eigenvalue weighted by molar-refractivity contribution is 6.18. The van der Waals surface area contributed by atoms with Crippen molar-refractivity contribution in [3.05, 3.63) is 216 Å². The lowest BCUT2D eigenvalue weighted by atomic mass is 9.69. The Morgan fingerprint density at radius 3 is 1.56 bits per heavy atom. The zero-order valence-corrected chi connectivity index (χ0v) is 30.0. The second-order valence-electron chi connectivity index (χ2n) is 15.5. The van der Waals surface area contributed by atoms with E-state index in [1.54, 1.807) is 0 Å². The molecule has 0 bridgehead atoms. The van der Waals surface area contributed by atoms with Crippen molar-refractivity contribution in [3.8, 4) is 66.8 Å². The number of hydrogen-bond acceptors (Lipinski definition) is 0. The second-order valence-corrected chi connectivity index (χ2v) is 15.5. The van der Waals surface area contributed by atoms with Crippen molar-refractivity contribution < 1.29 is 0 Å². The molecule has 0 fully saturated rings. The molecule has 0 radical (unpaired) electrons. The van der Waals surface area contributed by atoms with Crippen molar-refractivity contribution in [3.63, 3.8) is 0 Å². The third kappa shape index (κ3) is 3.71. The third-order valence-electron chi connectivity index (χ3n) is 13.0. The van der Waals surface area contributed by atoms with Crippen LogP contribution in [0.1, 0.15) is 22.3 Å². The molecule has 55 heavy (non-hydrogen) atoms. The first kappa shape index (κ1) is 29.4. The van der Waals surface area contributed by atoms with E-state index in [-0.39, 0.29) is 0 Å². The van der Waals surface area contributed by atoms with E-state index in [0.717, 1.165) is 0 Å². The molecular weight excluding hydrogens is 661 g/mol. The molecule has 0 saturated heterocycles. The van der Waals surface area contributed by atoms with Gasteiger partial charge in [0.1, 0.15) is 0 Å². The summed E-state index contributed by atoms with van der Waals surface area (Å²) < 4.78 is 0. The predicted molar refractivity (Wildman–Crippen MR) is 231 cm³/mol. The number of benzene rings is 10. The van der Waals surface area contributed by atoms with Gasteiger partial charge in [-0.1, -0.05) is 176 Å². The maximum atomic E-state index is 2.48. The molecule has 0 heteroatoms. The Balaban J connectivity index is 0.976. The molecule has 0 heterocycles. The zero-order chi connectivity index (χ0) is 35.8. The first-order valence-electron chi connectivity index (χ1n) is 19.3. The standard InChI is InChI=1S/C55H32/c1-2-11-36-32-52-49(31-35(36)10-1)48-27-25-38-30-37(24-26-40(38)54(48)55(52)50-18-7-5-14-43(50)44-15-6-8-19-51(44)55)33-20-22-34(23-21-33)39-28-29-47-42-13-4-3-12-41(42)46-17-9-16-45(39)53(46)47/h1-32H. The summed E-state index contributed by atoms with van der Waals surface area (Å²) in [6, 6.07) is 73.2. The van der Waals surface area contributed by atoms with Gasteiger partial charge in [-0.05, 0) is 140 Å². The van der Waals surface area contributed by atoms with Gasteiger partial charge in [0, 0.05) is 0 Å². The molecule has 0 aromatic heterocycles. The van der Waals surface area contributed by atoms with Crippen molar-refractivity contribution in [2.24, 2.45) is 0 Å². The summed E-state index contributed by atoms with van der Waals surface area (Å²) in [6.45, 7) is 0. The quantitative estimate of drug-likeness (QED) is 0.169. The Kier molecular flexibility index (Phi) is 5.65. The van der Waals surface area contributed by atoms with E-state index in [4.69, 9.17) is 0 Å². The molecule has 3 aliphatic carbocycles. The first-order valence-corrected chi connectivity index (χ1v) is 19.3. The Labute approximate surface area is 319 Å². The fourth-order valence-electron chi connectivity index (χ4n) is 10.7. The highest BCUT2D eigenvalue weighted by Crippen LogP contribution is 2.64. The second kappa shape index (κ2) is 10.6. The fraction of sp³-hybridized carbons (Fsp3) is 0.0182. The Morgan fingerprint density at radius 1 is 0.255 bits per heavy atom. The van der Waals surface area contributed by atoms with E-state index in [1.165, 1.54) is 121 Å². The molecule has 13 rings (SSSR count). The average molecular weight is 693 g/mol. The summed E-state index contributed by atoms with van der Waals surface area (Å²) in [4.78, 5) is 0. The maximum Gasteiger partial charge on any atom is 0.0731 e. The van der Waals surface area contributed by atoms with Gasteiger partial charge in [-0.25, -0.2) is 0 Å². The van der Waals surface area contributed by atoms with E-state index in [9.17, 15) is 0 Å². The normalized spacial score (nSPS) is 13.6. The van der Waals surface area contributed by atoms with Gasteiger partial charge >= 0.3 is 0 Å². The van der Waals surface area contributed by atoms with E-state index >= 15 is 0 Å². The summed E-state index contributed by atoms with van der Waals surface area (Å²) in [5.74, 6) is 0. The summed E-state index contributed by atoms with van der Waals surface area (Å²) in [6.07, 6.45) is 0. The van der Waals surface area contributed by atoms with Gasteiger partial charge in [-0.3, -0.25) is 0 Å². The van der Waals surface area contributed by atoms with Gasteiger partial charge in [0.2, 0.25) is 0 Å². The smallest absolute Gasteiger partial charge is 0.0619 e. The molecule has 0 nitrogen and oxygen atoms in total. The van der Waals surface area contributed by atoms with Gasteiger partial charge in [-0.2, -0.15) is 0 Å². The van der Waals surface area contributed by atoms with Crippen LogP contribution in [0.3, 0.4) is 0 Å². The zero-order valence-electron chi connectivity index (χ0n) is 30.0. The molecule has 0 saturated carbocycles. The lowest BCUT2D eigenvalue weighted by molar-refractivity contribution is 0.802. The minimum Gasteiger partial charge on any atom is -0.0619 e. The average Bonchev–Trinajstić information content (AvgIpc) is 3.85. The van der Waals surface area contributed by atoms with Gasteiger partial charge in [0.25, 0.3) is 0 Å². The van der Waals surface area contributed by atoms with Gasteiger partial charge < -0.3 is 0 Å². The largest absolute Gasteiger partial charge is 0.0731 e. The fourth-order valence-corrected chi connectivity index (χ4v) is 10.7. The van der Waals surface area contributed by atoms with Gasteiger partial charge in [-0.15, -0.1) is 0 Å². The van der Waals surface area contributed by atoms with E-state index in [1.807, 2.05) is 0 Å². The SMILES string of the molecule is c1ccc2c(c1)-c1cccc3c(-c4ccc(-c5ccc6c7c(ccc6c5)-c5cc6ccccc6cc5C75c6ccccc6-c6ccccc65)cc4)ccc-2c13. The maximum absolute atomic E-state index is 2.48. The molecule has 10 aromatic carbocycles. The van der Waals surface area contributed by atoms with Crippen molar-refractivity contribution >= 4 is 32.3 Å². The molecule has 0 unspecified atom stereocenters. The van der Waals surface area contributed by atoms with Crippen LogP contribution in [0.4, 0.5) is 0 Å². The molecule has 1 spiro atoms. The number of fused-ring (bicyclic) bond motifs is 16. The van der Waals surface area contributed by atoms with Crippen LogP contribution < -0.4 is 0 Å². The molecular formula is C55H32. The monoisotopic (exact) mass is 692 g/mol. The highest BCUT2D eigenvalue weighted by Gasteiger charge is 2.52. The number of rotatable bonds is 2. The lowest BCUT2D eigenvalue weighted by Crippen LogP contribution is -2.26. The molecule has 3 aliphatic rings. The van der Waals surface area contributed by atoms with Crippen LogP contribution in [0.5, 0.6) is 0 Å². The minimum absolute atomic E-state index is 0.397. The molecule has 0 atom stereocenters. The van der Waals surface area contributed by atoms with Crippen molar-refractivity contribution in [2.45, 2.75) is 5.41 Å². The van der Waals surface area contributed by atoms with Crippen LogP contribution in [0.15, 0.2) is 194 Å². The lowest BCUT2D eigenvalue weighted by Gasteiger charge is -2.31. The van der Waals surface area contributed by atoms with Crippen LogP contribution in [0, 0.1) is 0 Å². The van der Waals surface area contributed by atoms with Crippen molar-refractivity contribution in [1.82, 2.24) is 0 Å². The van der Waals surface area contributed by atoms with Crippen LogP contribution in [-0.4, -0.2) is 0 Å². The van der Waals surface area contributed by atoms with E-state index < -0.39 is 5.41 Å². The summed E-state index contributed by atoms with van der Waals surface area (Å²) in [5, 5.41) is 7.84. The number of hydrogen-bond donors (Lipinski definition) is 0. The van der Waals surface area contributed by atoms with E-state index in [0.29, 0.717) is 0 Å². The first-order chi connectivity index (χ1) is 27.3. The summed E-state index contributed by atoms with van der Waals surface area (Å²) in [5.41, 5.74) is 20.8. The van der Waals surface area contributed by atoms with Crippen LogP contribution >= 0.6 is 0 Å². The van der Waals surface area contributed by atoms with Crippen molar-refractivity contribution in [1.29, 1.82) is 0 Å². The topological polar surface area (TPSA) is 0 Å².